The summed E-state index contributed by atoms with van der Waals surface area (Å²) in [5.41, 5.74) is 5.43. The Balaban J connectivity index is 1.31. The highest BCUT2D eigenvalue weighted by atomic mass is 16.1. The molecule has 2 heterocycles. The lowest BCUT2D eigenvalue weighted by molar-refractivity contribution is -0.116. The lowest BCUT2D eigenvalue weighted by atomic mass is 10.1. The summed E-state index contributed by atoms with van der Waals surface area (Å²) in [4.78, 5) is 16.6. The molecule has 0 aliphatic rings. The highest BCUT2D eigenvalue weighted by Gasteiger charge is 2.06. The molecule has 0 saturated carbocycles. The number of pyridine rings is 1. The molecule has 144 valence electrons. The van der Waals surface area contributed by atoms with Crippen LogP contribution in [0.1, 0.15) is 12.0 Å². The highest BCUT2D eigenvalue weighted by molar-refractivity contribution is 5.90. The van der Waals surface area contributed by atoms with Crippen molar-refractivity contribution < 1.29 is 4.79 Å². The maximum Gasteiger partial charge on any atom is 0.225 e. The summed E-state index contributed by atoms with van der Waals surface area (Å²) in [5.74, 6) is 0.530. The summed E-state index contributed by atoms with van der Waals surface area (Å²) in [7, 11) is 1.92. The van der Waals surface area contributed by atoms with E-state index in [0.717, 1.165) is 27.9 Å². The summed E-state index contributed by atoms with van der Waals surface area (Å²) in [6.07, 6.45) is 4.66. The Morgan fingerprint density at radius 3 is 2.31 bits per heavy atom. The molecule has 0 bridgehead atoms. The quantitative estimate of drug-likeness (QED) is 0.525. The molecular weight excluding hydrogens is 360 g/mol. The monoisotopic (exact) mass is 382 g/mol. The zero-order valence-electron chi connectivity index (χ0n) is 16.2. The summed E-state index contributed by atoms with van der Waals surface area (Å²) in [5, 5.41) is 7.07. The average molecular weight is 382 g/mol. The normalized spacial score (nSPS) is 10.7. The van der Waals surface area contributed by atoms with Gasteiger partial charge in [0, 0.05) is 31.4 Å². The molecule has 2 aromatic heterocycles. The number of carbonyl (C=O) groups is 1. The van der Waals surface area contributed by atoms with Gasteiger partial charge < -0.3 is 5.32 Å². The third kappa shape index (κ3) is 4.58. The van der Waals surface area contributed by atoms with Crippen molar-refractivity contribution >= 4 is 11.7 Å². The van der Waals surface area contributed by atoms with Crippen LogP contribution in [0.5, 0.6) is 0 Å². The van der Waals surface area contributed by atoms with E-state index in [9.17, 15) is 4.79 Å². The lowest BCUT2D eigenvalue weighted by Gasteiger charge is -2.07. The van der Waals surface area contributed by atoms with Gasteiger partial charge in [-0.15, -0.1) is 0 Å². The maximum atomic E-state index is 12.3. The number of nitrogens with zero attached hydrogens (tertiary/aromatic N) is 3. The predicted molar refractivity (Wildman–Crippen MR) is 115 cm³/mol. The van der Waals surface area contributed by atoms with E-state index in [-0.39, 0.29) is 5.91 Å². The van der Waals surface area contributed by atoms with Crippen LogP contribution in [0.4, 0.5) is 5.82 Å². The molecule has 0 atom stereocenters. The molecule has 0 fully saturated rings. The molecule has 0 saturated heterocycles. The van der Waals surface area contributed by atoms with E-state index in [2.05, 4.69) is 39.7 Å². The zero-order chi connectivity index (χ0) is 20.1. The number of rotatable bonds is 6. The van der Waals surface area contributed by atoms with Crippen molar-refractivity contribution in [2.75, 3.05) is 5.32 Å². The molecule has 0 unspecified atom stereocenters. The minimum atomic E-state index is -0.0410. The molecule has 29 heavy (non-hydrogen) atoms. The van der Waals surface area contributed by atoms with Gasteiger partial charge in [0.15, 0.2) is 0 Å². The van der Waals surface area contributed by atoms with E-state index < -0.39 is 0 Å². The molecule has 0 aliphatic carbocycles. The standard InChI is InChI=1S/C24H22N4O/c1-28-22(15-16-26-28)20-10-7-18(8-11-20)9-14-24(29)27-23-13-12-21(17-25-23)19-5-3-2-4-6-19/h2-8,10-13,15-17H,9,14H2,1H3,(H,25,27,29). The third-order valence-corrected chi connectivity index (χ3v) is 4.85. The zero-order valence-corrected chi connectivity index (χ0v) is 16.2. The molecule has 4 rings (SSSR count). The molecular formula is C24H22N4O. The fourth-order valence-corrected chi connectivity index (χ4v) is 3.23. The van der Waals surface area contributed by atoms with Gasteiger partial charge in [-0.1, -0.05) is 54.6 Å². The Morgan fingerprint density at radius 1 is 0.897 bits per heavy atom. The largest absolute Gasteiger partial charge is 0.311 e. The van der Waals surface area contributed by atoms with E-state index in [1.165, 1.54) is 0 Å². The molecule has 1 N–H and O–H groups in total. The van der Waals surface area contributed by atoms with Crippen LogP contribution >= 0.6 is 0 Å². The Morgan fingerprint density at radius 2 is 1.66 bits per heavy atom. The second-order valence-electron chi connectivity index (χ2n) is 6.88. The van der Waals surface area contributed by atoms with Crippen LogP contribution in [0.2, 0.25) is 0 Å². The maximum absolute atomic E-state index is 12.3. The number of hydrogen-bond donors (Lipinski definition) is 1. The van der Waals surface area contributed by atoms with Gasteiger partial charge in [-0.2, -0.15) is 5.10 Å². The van der Waals surface area contributed by atoms with Crippen molar-refractivity contribution in [1.29, 1.82) is 0 Å². The van der Waals surface area contributed by atoms with Crippen molar-refractivity contribution in [3.05, 3.63) is 90.8 Å². The second-order valence-corrected chi connectivity index (χ2v) is 6.88. The van der Waals surface area contributed by atoms with Crippen LogP contribution in [0.25, 0.3) is 22.4 Å². The first-order valence-corrected chi connectivity index (χ1v) is 9.58. The molecule has 5 nitrogen and oxygen atoms in total. The Kier molecular flexibility index (Phi) is 5.47. The van der Waals surface area contributed by atoms with Crippen LogP contribution in [0, 0.1) is 0 Å². The minimum absolute atomic E-state index is 0.0410. The molecule has 4 aromatic rings. The molecule has 2 aromatic carbocycles. The van der Waals surface area contributed by atoms with Crippen molar-refractivity contribution in [2.45, 2.75) is 12.8 Å². The van der Waals surface area contributed by atoms with Gasteiger partial charge in [-0.3, -0.25) is 9.48 Å². The minimum Gasteiger partial charge on any atom is -0.311 e. The van der Waals surface area contributed by atoms with Crippen LogP contribution in [-0.2, 0) is 18.3 Å². The van der Waals surface area contributed by atoms with Gasteiger partial charge in [0.1, 0.15) is 5.82 Å². The van der Waals surface area contributed by atoms with E-state index in [1.807, 2.05) is 60.3 Å². The van der Waals surface area contributed by atoms with Gasteiger partial charge in [0.2, 0.25) is 5.91 Å². The third-order valence-electron chi connectivity index (χ3n) is 4.85. The molecule has 5 heteroatoms. The number of aryl methyl sites for hydroxylation is 2. The van der Waals surface area contributed by atoms with Crippen LogP contribution < -0.4 is 5.32 Å². The van der Waals surface area contributed by atoms with E-state index in [1.54, 1.807) is 12.4 Å². The van der Waals surface area contributed by atoms with Crippen molar-refractivity contribution in [3.63, 3.8) is 0 Å². The van der Waals surface area contributed by atoms with Crippen molar-refractivity contribution in [1.82, 2.24) is 14.8 Å². The van der Waals surface area contributed by atoms with Gasteiger partial charge in [0.05, 0.1) is 5.69 Å². The summed E-state index contributed by atoms with van der Waals surface area (Å²) in [6, 6.07) is 24.1. The number of amides is 1. The topological polar surface area (TPSA) is 59.8 Å². The van der Waals surface area contributed by atoms with E-state index in [4.69, 9.17) is 0 Å². The number of benzene rings is 2. The van der Waals surface area contributed by atoms with Gasteiger partial charge in [-0.05, 0) is 41.3 Å². The first-order valence-electron chi connectivity index (χ1n) is 9.58. The highest BCUT2D eigenvalue weighted by Crippen LogP contribution is 2.20. The van der Waals surface area contributed by atoms with E-state index >= 15 is 0 Å². The Labute approximate surface area is 170 Å². The van der Waals surface area contributed by atoms with Gasteiger partial charge >= 0.3 is 0 Å². The number of nitrogens with one attached hydrogen (secondary N) is 1. The molecule has 1 amide bonds. The number of anilines is 1. The molecule has 0 spiro atoms. The van der Waals surface area contributed by atoms with Gasteiger partial charge in [0.25, 0.3) is 0 Å². The Bertz CT molecular complexity index is 1080. The Hall–Kier alpha value is -3.73. The van der Waals surface area contributed by atoms with Crippen molar-refractivity contribution in [3.8, 4) is 22.4 Å². The van der Waals surface area contributed by atoms with E-state index in [0.29, 0.717) is 18.7 Å². The summed E-state index contributed by atoms with van der Waals surface area (Å²) < 4.78 is 1.85. The van der Waals surface area contributed by atoms with Crippen LogP contribution in [-0.4, -0.2) is 20.7 Å². The predicted octanol–water partition coefficient (Wildman–Crippen LogP) is 4.72. The molecule has 0 aliphatic heterocycles. The fourth-order valence-electron chi connectivity index (χ4n) is 3.23. The van der Waals surface area contributed by atoms with Gasteiger partial charge in [-0.25, -0.2) is 4.98 Å². The summed E-state index contributed by atoms with van der Waals surface area (Å²) >= 11 is 0. The summed E-state index contributed by atoms with van der Waals surface area (Å²) in [6.45, 7) is 0. The lowest BCUT2D eigenvalue weighted by Crippen LogP contribution is -2.13. The van der Waals surface area contributed by atoms with Crippen LogP contribution in [0.15, 0.2) is 85.2 Å². The first kappa shape index (κ1) is 18.6. The number of carbonyl (C=O) groups excluding carboxylic acids is 1. The van der Waals surface area contributed by atoms with Crippen molar-refractivity contribution in [2.24, 2.45) is 7.05 Å². The number of hydrogen-bond acceptors (Lipinski definition) is 3. The fraction of sp³-hybridized carbons (Fsp3) is 0.125. The number of aromatic nitrogens is 3. The average Bonchev–Trinajstić information content (AvgIpc) is 3.20. The second kappa shape index (κ2) is 8.52. The van der Waals surface area contributed by atoms with Crippen LogP contribution in [0.3, 0.4) is 0 Å². The SMILES string of the molecule is Cn1nccc1-c1ccc(CCC(=O)Nc2ccc(-c3ccccc3)cn2)cc1. The molecule has 0 radical (unpaired) electrons. The first-order chi connectivity index (χ1) is 14.2. The smallest absolute Gasteiger partial charge is 0.225 e.